The Balaban J connectivity index is 1.77. The molecule has 6 nitrogen and oxygen atoms in total. The second kappa shape index (κ2) is 10.5. The number of ether oxygens (including phenoxy) is 1. The van der Waals surface area contributed by atoms with E-state index in [1.807, 2.05) is 42.0 Å². The van der Waals surface area contributed by atoms with E-state index in [0.29, 0.717) is 5.69 Å². The molecule has 1 aromatic heterocycles. The van der Waals surface area contributed by atoms with Crippen LogP contribution in [0.15, 0.2) is 52.7 Å². The number of likely N-dealkylation sites (N-methyl/N-ethyl adjacent to an activating group) is 1. The number of para-hydroxylation sites is 1. The summed E-state index contributed by atoms with van der Waals surface area (Å²) in [5, 5.41) is 4.67. The minimum absolute atomic E-state index is 0.135. The summed E-state index contributed by atoms with van der Waals surface area (Å²) >= 11 is 3.01. The van der Waals surface area contributed by atoms with Crippen LogP contribution in [0.1, 0.15) is 4.88 Å². The summed E-state index contributed by atoms with van der Waals surface area (Å²) in [6.45, 7) is -0.553. The number of carbonyl (C=O) groups excluding carboxylic acids is 3. The number of carbonyl (C=O) groups is 3. The molecule has 0 atom stereocenters. The molecule has 0 aliphatic carbocycles. The first-order chi connectivity index (χ1) is 13.0. The molecule has 27 heavy (non-hydrogen) atoms. The zero-order valence-electron chi connectivity index (χ0n) is 15.0. The third kappa shape index (κ3) is 6.92. The van der Waals surface area contributed by atoms with Gasteiger partial charge in [0, 0.05) is 22.9 Å². The van der Waals surface area contributed by atoms with Gasteiger partial charge in [-0.2, -0.15) is 0 Å². The number of nitrogens with one attached hydrogen (secondary N) is 1. The summed E-state index contributed by atoms with van der Waals surface area (Å²) in [4.78, 5) is 38.9. The molecule has 1 heterocycles. The molecular formula is C19H20N2O4S2. The molecule has 1 N–H and O–H groups in total. The monoisotopic (exact) mass is 404 g/mol. The van der Waals surface area contributed by atoms with Crippen LogP contribution in [0.3, 0.4) is 0 Å². The van der Waals surface area contributed by atoms with E-state index in [-0.39, 0.29) is 12.5 Å². The maximum atomic E-state index is 12.1. The zero-order chi connectivity index (χ0) is 19.6. The van der Waals surface area contributed by atoms with Crippen LogP contribution in [0, 0.1) is 0 Å². The molecule has 0 fully saturated rings. The fourth-order valence-corrected chi connectivity index (χ4v) is 3.24. The number of anilines is 1. The van der Waals surface area contributed by atoms with E-state index in [0.717, 1.165) is 9.77 Å². The van der Waals surface area contributed by atoms with Gasteiger partial charge in [-0.15, -0.1) is 23.1 Å². The summed E-state index contributed by atoms with van der Waals surface area (Å²) in [6, 6.07) is 11.1. The standard InChI is InChI=1S/C19H20N2O4S2/c1-21(12-17(22)20-15-7-3-4-8-16(15)26-2)18(23)13-25-19(24)10-9-14-6-5-11-27-14/h3-11H,12-13H2,1-2H3,(H,20,22)/b10-9+. The highest BCUT2D eigenvalue weighted by molar-refractivity contribution is 7.98. The predicted molar refractivity (Wildman–Crippen MR) is 109 cm³/mol. The van der Waals surface area contributed by atoms with Crippen LogP contribution in [-0.2, 0) is 19.1 Å². The van der Waals surface area contributed by atoms with Crippen LogP contribution in [0.25, 0.3) is 6.08 Å². The molecule has 0 saturated carbocycles. The molecule has 0 radical (unpaired) electrons. The summed E-state index contributed by atoms with van der Waals surface area (Å²) in [6.07, 6.45) is 4.81. The number of hydrogen-bond donors (Lipinski definition) is 1. The topological polar surface area (TPSA) is 75.7 Å². The van der Waals surface area contributed by atoms with E-state index < -0.39 is 18.5 Å². The van der Waals surface area contributed by atoms with Crippen molar-refractivity contribution in [2.75, 3.05) is 31.8 Å². The van der Waals surface area contributed by atoms with Crippen LogP contribution < -0.4 is 5.32 Å². The van der Waals surface area contributed by atoms with Gasteiger partial charge in [0.25, 0.3) is 5.91 Å². The third-order valence-corrected chi connectivity index (χ3v) is 5.09. The molecule has 0 saturated heterocycles. The molecule has 0 aliphatic heterocycles. The SMILES string of the molecule is CSc1ccccc1NC(=O)CN(C)C(=O)COC(=O)/C=C/c1cccs1. The highest BCUT2D eigenvalue weighted by atomic mass is 32.2. The maximum absolute atomic E-state index is 12.1. The molecule has 2 amide bonds. The lowest BCUT2D eigenvalue weighted by molar-refractivity contribution is -0.148. The lowest BCUT2D eigenvalue weighted by atomic mass is 10.3. The summed E-state index contributed by atoms with van der Waals surface area (Å²) in [7, 11) is 1.48. The van der Waals surface area contributed by atoms with Crippen LogP contribution in [-0.4, -0.2) is 49.1 Å². The molecule has 142 valence electrons. The van der Waals surface area contributed by atoms with Crippen LogP contribution in [0.2, 0.25) is 0 Å². The van der Waals surface area contributed by atoms with E-state index in [4.69, 9.17) is 4.74 Å². The van der Waals surface area contributed by atoms with Crippen molar-refractivity contribution in [3.05, 3.63) is 52.7 Å². The molecule has 2 aromatic rings. The van der Waals surface area contributed by atoms with Gasteiger partial charge in [-0.3, -0.25) is 9.59 Å². The highest BCUT2D eigenvalue weighted by Crippen LogP contribution is 2.24. The van der Waals surface area contributed by atoms with Crippen molar-refractivity contribution >= 4 is 52.6 Å². The van der Waals surface area contributed by atoms with Crippen molar-refractivity contribution < 1.29 is 19.1 Å². The first-order valence-corrected chi connectivity index (χ1v) is 10.1. The Hall–Kier alpha value is -2.58. The fourth-order valence-electron chi connectivity index (χ4n) is 2.07. The molecule has 8 heteroatoms. The number of hydrogen-bond acceptors (Lipinski definition) is 6. The molecule has 0 unspecified atom stereocenters. The third-order valence-electron chi connectivity index (χ3n) is 3.45. The Morgan fingerprint density at radius 1 is 1.22 bits per heavy atom. The average Bonchev–Trinajstić information content (AvgIpc) is 3.18. The minimum Gasteiger partial charge on any atom is -0.452 e. The van der Waals surface area contributed by atoms with Gasteiger partial charge in [0.05, 0.1) is 12.2 Å². The lowest BCUT2D eigenvalue weighted by Crippen LogP contribution is -2.37. The lowest BCUT2D eigenvalue weighted by Gasteiger charge is -2.17. The van der Waals surface area contributed by atoms with Gasteiger partial charge >= 0.3 is 5.97 Å². The summed E-state index contributed by atoms with van der Waals surface area (Å²) in [5.41, 5.74) is 0.695. The normalized spacial score (nSPS) is 10.6. The van der Waals surface area contributed by atoms with E-state index in [1.54, 1.807) is 12.1 Å². The quantitative estimate of drug-likeness (QED) is 0.416. The van der Waals surface area contributed by atoms with Crippen LogP contribution in [0.4, 0.5) is 5.69 Å². The highest BCUT2D eigenvalue weighted by Gasteiger charge is 2.15. The van der Waals surface area contributed by atoms with Gasteiger partial charge in [-0.1, -0.05) is 18.2 Å². The second-order valence-corrected chi connectivity index (χ2v) is 7.28. The van der Waals surface area contributed by atoms with E-state index in [2.05, 4.69) is 5.32 Å². The summed E-state index contributed by atoms with van der Waals surface area (Å²) in [5.74, 6) is -1.39. The van der Waals surface area contributed by atoms with E-state index >= 15 is 0 Å². The van der Waals surface area contributed by atoms with Gasteiger partial charge in [-0.25, -0.2) is 4.79 Å². The van der Waals surface area contributed by atoms with Crippen molar-refractivity contribution in [1.29, 1.82) is 0 Å². The van der Waals surface area contributed by atoms with Crippen molar-refractivity contribution in [3.63, 3.8) is 0 Å². The number of thioether (sulfide) groups is 1. The minimum atomic E-state index is -0.608. The van der Waals surface area contributed by atoms with Gasteiger partial charge in [0.1, 0.15) is 0 Å². The Bertz CT molecular complexity index is 819. The fraction of sp³-hybridized carbons (Fsp3) is 0.211. The number of nitrogens with zero attached hydrogens (tertiary/aromatic N) is 1. The zero-order valence-corrected chi connectivity index (χ0v) is 16.6. The Morgan fingerprint density at radius 2 is 2.00 bits per heavy atom. The van der Waals surface area contributed by atoms with E-state index in [9.17, 15) is 14.4 Å². The van der Waals surface area contributed by atoms with Crippen molar-refractivity contribution in [2.45, 2.75) is 4.90 Å². The van der Waals surface area contributed by atoms with Crippen molar-refractivity contribution in [1.82, 2.24) is 4.90 Å². The molecular weight excluding hydrogens is 384 g/mol. The van der Waals surface area contributed by atoms with Crippen LogP contribution >= 0.6 is 23.1 Å². The first-order valence-electron chi connectivity index (χ1n) is 8.04. The summed E-state index contributed by atoms with van der Waals surface area (Å²) < 4.78 is 4.91. The number of esters is 1. The largest absolute Gasteiger partial charge is 0.452 e. The Kier molecular flexibility index (Phi) is 8.09. The number of thiophene rings is 1. The molecule has 2 rings (SSSR count). The molecule has 0 bridgehead atoms. The smallest absolute Gasteiger partial charge is 0.331 e. The van der Waals surface area contributed by atoms with Crippen molar-refractivity contribution in [3.8, 4) is 0 Å². The van der Waals surface area contributed by atoms with Gasteiger partial charge in [0.15, 0.2) is 6.61 Å². The first kappa shape index (κ1) is 20.7. The molecule has 0 aliphatic rings. The predicted octanol–water partition coefficient (Wildman–Crippen LogP) is 3.12. The van der Waals surface area contributed by atoms with Crippen LogP contribution in [0.5, 0.6) is 0 Å². The molecule has 0 spiro atoms. The van der Waals surface area contributed by atoms with Gasteiger partial charge < -0.3 is 15.0 Å². The van der Waals surface area contributed by atoms with Crippen molar-refractivity contribution in [2.24, 2.45) is 0 Å². The number of benzene rings is 1. The molecule has 1 aromatic carbocycles. The van der Waals surface area contributed by atoms with Gasteiger partial charge in [-0.05, 0) is 35.9 Å². The number of rotatable bonds is 8. The Labute approximate surface area is 166 Å². The Morgan fingerprint density at radius 3 is 2.70 bits per heavy atom. The van der Waals surface area contributed by atoms with E-state index in [1.165, 1.54) is 41.1 Å². The maximum Gasteiger partial charge on any atom is 0.331 e. The average molecular weight is 405 g/mol. The van der Waals surface area contributed by atoms with Gasteiger partial charge in [0.2, 0.25) is 5.91 Å². The second-order valence-electron chi connectivity index (χ2n) is 5.45. The number of amides is 2.